The van der Waals surface area contributed by atoms with Gasteiger partial charge in [0.25, 0.3) is 0 Å². The summed E-state index contributed by atoms with van der Waals surface area (Å²) in [6.45, 7) is 0. The summed E-state index contributed by atoms with van der Waals surface area (Å²) in [4.78, 5) is 0. The molecule has 4 nitrogen and oxygen atoms in total. The number of fused-ring (bicyclic) bond motifs is 3. The SMILES string of the molecule is Nc1cc(C2(c3ccc(O)c(N)c3)c3cc(C#Cc4ccccc4)ccc3-c3ccc(C#Cc4ccccc4)cc32)ccc1O. The molecular weight excluding hydrogens is 552 g/mol. The van der Waals surface area contributed by atoms with Crippen LogP contribution in [0.5, 0.6) is 11.5 Å². The van der Waals surface area contributed by atoms with Gasteiger partial charge in [0, 0.05) is 22.3 Å². The van der Waals surface area contributed by atoms with Gasteiger partial charge in [-0.1, -0.05) is 84.3 Å². The number of nitrogen functional groups attached to an aromatic ring is 2. The third-order valence-corrected chi connectivity index (χ3v) is 8.31. The van der Waals surface area contributed by atoms with E-state index in [1.54, 1.807) is 12.1 Å². The molecule has 0 radical (unpaired) electrons. The lowest BCUT2D eigenvalue weighted by molar-refractivity contribution is 0.477. The maximum atomic E-state index is 10.4. The lowest BCUT2D eigenvalue weighted by Gasteiger charge is -2.34. The standard InChI is InChI=1S/C41H28N2O2/c42-37-25-31(17-21-39(37)44)41(32-18-22-40(45)38(43)26-32)35-23-29(13-11-27-7-3-1-4-8-27)15-19-33(35)34-20-16-30(24-36(34)41)14-12-28-9-5-2-6-10-28/h1-10,15-26,44-45H,42-43H2. The van der Waals surface area contributed by atoms with Crippen LogP contribution in [0, 0.1) is 23.7 Å². The van der Waals surface area contributed by atoms with Crippen molar-refractivity contribution in [2.24, 2.45) is 0 Å². The van der Waals surface area contributed by atoms with Crippen LogP contribution in [0.4, 0.5) is 11.4 Å². The summed E-state index contributed by atoms with van der Waals surface area (Å²) in [6, 6.07) is 42.9. The minimum Gasteiger partial charge on any atom is -0.506 e. The van der Waals surface area contributed by atoms with Crippen molar-refractivity contribution in [3.05, 3.63) is 178 Å². The molecule has 0 unspecified atom stereocenters. The number of benzene rings is 6. The summed E-state index contributed by atoms with van der Waals surface area (Å²) in [5.74, 6) is 13.3. The average molecular weight is 581 g/mol. The zero-order valence-electron chi connectivity index (χ0n) is 24.3. The van der Waals surface area contributed by atoms with E-state index in [2.05, 4.69) is 47.9 Å². The fraction of sp³-hybridized carbons (Fsp3) is 0.0244. The van der Waals surface area contributed by atoms with E-state index in [9.17, 15) is 10.2 Å². The molecule has 6 aromatic carbocycles. The lowest BCUT2D eigenvalue weighted by Crippen LogP contribution is -2.29. The summed E-state index contributed by atoms with van der Waals surface area (Å²) < 4.78 is 0. The Morgan fingerprint density at radius 1 is 0.422 bits per heavy atom. The van der Waals surface area contributed by atoms with Crippen LogP contribution >= 0.6 is 0 Å². The Kier molecular flexibility index (Phi) is 6.74. The van der Waals surface area contributed by atoms with Gasteiger partial charge >= 0.3 is 0 Å². The van der Waals surface area contributed by atoms with Gasteiger partial charge in [0.1, 0.15) is 11.5 Å². The Hall–Kier alpha value is -6.36. The normalized spacial score (nSPS) is 12.2. The Balaban J connectivity index is 1.53. The fourth-order valence-corrected chi connectivity index (χ4v) is 6.18. The molecule has 0 fully saturated rings. The van der Waals surface area contributed by atoms with Crippen molar-refractivity contribution in [1.82, 2.24) is 0 Å². The highest BCUT2D eigenvalue weighted by atomic mass is 16.3. The van der Waals surface area contributed by atoms with Gasteiger partial charge in [0.15, 0.2) is 0 Å². The summed E-state index contributed by atoms with van der Waals surface area (Å²) >= 11 is 0. The van der Waals surface area contributed by atoms with Gasteiger partial charge < -0.3 is 21.7 Å². The average Bonchev–Trinajstić information content (AvgIpc) is 3.36. The van der Waals surface area contributed by atoms with Gasteiger partial charge in [0.05, 0.1) is 16.8 Å². The number of anilines is 2. The second-order valence-electron chi connectivity index (χ2n) is 11.0. The van der Waals surface area contributed by atoms with Gasteiger partial charge in [-0.05, 0) is 106 Å². The maximum absolute atomic E-state index is 10.4. The summed E-state index contributed by atoms with van der Waals surface area (Å²) in [5, 5.41) is 20.9. The van der Waals surface area contributed by atoms with E-state index in [-0.39, 0.29) is 22.9 Å². The molecule has 0 aliphatic heterocycles. The third-order valence-electron chi connectivity index (χ3n) is 8.31. The molecule has 0 saturated carbocycles. The number of phenols is 2. The molecular formula is C41H28N2O2. The monoisotopic (exact) mass is 580 g/mol. The van der Waals surface area contributed by atoms with Crippen molar-refractivity contribution >= 4 is 11.4 Å². The van der Waals surface area contributed by atoms with Gasteiger partial charge in [-0.15, -0.1) is 0 Å². The molecule has 0 spiro atoms. The number of phenolic OH excluding ortho intramolecular Hbond substituents is 2. The highest BCUT2D eigenvalue weighted by Gasteiger charge is 2.47. The van der Waals surface area contributed by atoms with Crippen LogP contribution in [-0.4, -0.2) is 10.2 Å². The largest absolute Gasteiger partial charge is 0.506 e. The Bertz CT molecular complexity index is 2060. The zero-order chi connectivity index (χ0) is 31.0. The van der Waals surface area contributed by atoms with Gasteiger partial charge in [-0.2, -0.15) is 0 Å². The second kappa shape index (κ2) is 11.0. The van der Waals surface area contributed by atoms with Crippen LogP contribution in [0.1, 0.15) is 44.5 Å². The van der Waals surface area contributed by atoms with Crippen LogP contribution < -0.4 is 11.5 Å². The molecule has 1 aliphatic rings. The van der Waals surface area contributed by atoms with Gasteiger partial charge in [0.2, 0.25) is 0 Å². The van der Waals surface area contributed by atoms with E-state index in [0.717, 1.165) is 55.6 Å². The summed E-state index contributed by atoms with van der Waals surface area (Å²) in [6.07, 6.45) is 0. The van der Waals surface area contributed by atoms with E-state index in [4.69, 9.17) is 11.5 Å². The minimum atomic E-state index is -0.914. The molecule has 1 aliphatic carbocycles. The van der Waals surface area contributed by atoms with E-state index in [1.165, 1.54) is 0 Å². The van der Waals surface area contributed by atoms with Crippen molar-refractivity contribution in [3.8, 4) is 46.3 Å². The summed E-state index contributed by atoms with van der Waals surface area (Å²) in [7, 11) is 0. The van der Waals surface area contributed by atoms with Crippen LogP contribution in [0.25, 0.3) is 11.1 Å². The molecule has 6 aromatic rings. The molecule has 214 valence electrons. The van der Waals surface area contributed by atoms with Crippen molar-refractivity contribution in [3.63, 3.8) is 0 Å². The molecule has 45 heavy (non-hydrogen) atoms. The number of nitrogens with two attached hydrogens (primary N) is 2. The van der Waals surface area contributed by atoms with Crippen LogP contribution in [-0.2, 0) is 5.41 Å². The number of hydrogen-bond donors (Lipinski definition) is 4. The molecule has 0 amide bonds. The molecule has 0 saturated heterocycles. The molecule has 0 bridgehead atoms. The first-order chi connectivity index (χ1) is 21.9. The van der Waals surface area contributed by atoms with Crippen molar-refractivity contribution in [2.75, 3.05) is 11.5 Å². The predicted molar refractivity (Wildman–Crippen MR) is 181 cm³/mol. The molecule has 0 heterocycles. The fourth-order valence-electron chi connectivity index (χ4n) is 6.18. The topological polar surface area (TPSA) is 92.5 Å². The van der Waals surface area contributed by atoms with Crippen LogP contribution in [0.15, 0.2) is 133 Å². The highest BCUT2D eigenvalue weighted by molar-refractivity contribution is 5.88. The Labute approximate surface area is 262 Å². The van der Waals surface area contributed by atoms with E-state index in [0.29, 0.717) is 0 Å². The Morgan fingerprint density at radius 2 is 0.822 bits per heavy atom. The number of rotatable bonds is 2. The Morgan fingerprint density at radius 3 is 1.22 bits per heavy atom. The number of aromatic hydroxyl groups is 2. The smallest absolute Gasteiger partial charge is 0.138 e. The van der Waals surface area contributed by atoms with Gasteiger partial charge in [-0.3, -0.25) is 0 Å². The highest BCUT2D eigenvalue weighted by Crippen LogP contribution is 2.57. The van der Waals surface area contributed by atoms with Crippen molar-refractivity contribution < 1.29 is 10.2 Å². The third kappa shape index (κ3) is 4.82. The first-order valence-corrected chi connectivity index (χ1v) is 14.5. The first kappa shape index (κ1) is 27.5. The van der Waals surface area contributed by atoms with Crippen molar-refractivity contribution in [1.29, 1.82) is 0 Å². The molecule has 0 aromatic heterocycles. The second-order valence-corrected chi connectivity index (χ2v) is 11.0. The maximum Gasteiger partial charge on any atom is 0.138 e. The van der Waals surface area contributed by atoms with E-state index < -0.39 is 5.41 Å². The van der Waals surface area contributed by atoms with Crippen molar-refractivity contribution in [2.45, 2.75) is 5.41 Å². The molecule has 6 N–H and O–H groups in total. The van der Waals surface area contributed by atoms with Gasteiger partial charge in [-0.25, -0.2) is 0 Å². The number of hydrogen-bond acceptors (Lipinski definition) is 4. The van der Waals surface area contributed by atoms with Crippen LogP contribution in [0.3, 0.4) is 0 Å². The molecule has 0 atom stereocenters. The first-order valence-electron chi connectivity index (χ1n) is 14.5. The molecule has 7 rings (SSSR count). The minimum absolute atomic E-state index is 0.00233. The lowest BCUT2D eigenvalue weighted by atomic mass is 9.67. The summed E-state index contributed by atoms with van der Waals surface area (Å²) in [5.41, 5.74) is 21.5. The van der Waals surface area contributed by atoms with E-state index >= 15 is 0 Å². The zero-order valence-corrected chi connectivity index (χ0v) is 24.3. The quantitative estimate of drug-likeness (QED) is 0.0973. The van der Waals surface area contributed by atoms with E-state index in [1.807, 2.05) is 97.1 Å². The predicted octanol–water partition coefficient (Wildman–Crippen LogP) is 7.42. The molecule has 4 heteroatoms. The van der Waals surface area contributed by atoms with Crippen LogP contribution in [0.2, 0.25) is 0 Å².